The third-order valence-corrected chi connectivity index (χ3v) is 6.81. The van der Waals surface area contributed by atoms with Crippen LogP contribution in [0, 0.1) is 0 Å². The molecule has 2 amide bonds. The van der Waals surface area contributed by atoms with Crippen LogP contribution in [-0.4, -0.2) is 72.3 Å². The SMILES string of the molecule is O=C(N1CC(c2ccc(-c3ccc(Cl)cc3Cl)cn2)C1)N1CC[C@@H]2OCCN[C@@H]2C1. The quantitative estimate of drug-likeness (QED) is 0.764. The summed E-state index contributed by atoms with van der Waals surface area (Å²) >= 11 is 12.3. The summed E-state index contributed by atoms with van der Waals surface area (Å²) in [5.74, 6) is 0.275. The predicted molar refractivity (Wildman–Crippen MR) is 117 cm³/mol. The van der Waals surface area contributed by atoms with E-state index in [1.165, 1.54) is 0 Å². The van der Waals surface area contributed by atoms with E-state index in [9.17, 15) is 4.79 Å². The number of hydrogen-bond acceptors (Lipinski definition) is 4. The van der Waals surface area contributed by atoms with Crippen LogP contribution in [0.3, 0.4) is 0 Å². The van der Waals surface area contributed by atoms with Gasteiger partial charge >= 0.3 is 6.03 Å². The Morgan fingerprint density at radius 2 is 2.00 bits per heavy atom. The van der Waals surface area contributed by atoms with Crippen molar-refractivity contribution >= 4 is 29.2 Å². The lowest BCUT2D eigenvalue weighted by Gasteiger charge is -2.46. The molecule has 0 radical (unpaired) electrons. The smallest absolute Gasteiger partial charge is 0.320 e. The van der Waals surface area contributed by atoms with Gasteiger partial charge in [-0.25, -0.2) is 4.79 Å². The molecule has 0 unspecified atom stereocenters. The van der Waals surface area contributed by atoms with Gasteiger partial charge in [0.05, 0.1) is 18.8 Å². The van der Waals surface area contributed by atoms with Crippen molar-refractivity contribution in [3.05, 3.63) is 52.3 Å². The van der Waals surface area contributed by atoms with E-state index < -0.39 is 0 Å². The molecule has 3 aliphatic rings. The molecule has 2 atom stereocenters. The zero-order valence-electron chi connectivity index (χ0n) is 16.6. The molecule has 30 heavy (non-hydrogen) atoms. The lowest BCUT2D eigenvalue weighted by molar-refractivity contribution is -0.0392. The third kappa shape index (κ3) is 3.89. The van der Waals surface area contributed by atoms with Gasteiger partial charge < -0.3 is 19.9 Å². The minimum atomic E-state index is 0.127. The van der Waals surface area contributed by atoms with Crippen LogP contribution in [0.2, 0.25) is 10.0 Å². The maximum absolute atomic E-state index is 12.9. The van der Waals surface area contributed by atoms with Crippen molar-refractivity contribution in [2.45, 2.75) is 24.5 Å². The number of urea groups is 1. The second-order valence-electron chi connectivity index (χ2n) is 8.18. The van der Waals surface area contributed by atoms with Gasteiger partial charge in [0.15, 0.2) is 0 Å². The summed E-state index contributed by atoms with van der Waals surface area (Å²) in [4.78, 5) is 21.4. The molecule has 3 fully saturated rings. The van der Waals surface area contributed by atoms with E-state index in [0.717, 1.165) is 49.5 Å². The summed E-state index contributed by atoms with van der Waals surface area (Å²) in [5, 5.41) is 4.70. The molecule has 8 heteroatoms. The Morgan fingerprint density at radius 1 is 1.13 bits per heavy atom. The highest BCUT2D eigenvalue weighted by Crippen LogP contribution is 2.32. The first-order valence-electron chi connectivity index (χ1n) is 10.4. The molecule has 6 nitrogen and oxygen atoms in total. The number of nitrogens with zero attached hydrogens (tertiary/aromatic N) is 3. The Balaban J connectivity index is 1.18. The van der Waals surface area contributed by atoms with Gasteiger partial charge in [0.2, 0.25) is 0 Å². The summed E-state index contributed by atoms with van der Waals surface area (Å²) < 4.78 is 5.80. The van der Waals surface area contributed by atoms with Gasteiger partial charge in [-0.15, -0.1) is 0 Å². The number of rotatable bonds is 2. The number of benzene rings is 1. The number of likely N-dealkylation sites (tertiary alicyclic amines) is 2. The second-order valence-corrected chi connectivity index (χ2v) is 9.03. The number of aromatic nitrogens is 1. The highest BCUT2D eigenvalue weighted by Gasteiger charge is 2.39. The molecule has 1 aromatic carbocycles. The summed E-state index contributed by atoms with van der Waals surface area (Å²) in [7, 11) is 0. The number of morpholine rings is 1. The maximum atomic E-state index is 12.9. The van der Waals surface area contributed by atoms with Crippen molar-refractivity contribution in [3.8, 4) is 11.1 Å². The van der Waals surface area contributed by atoms with E-state index in [4.69, 9.17) is 27.9 Å². The predicted octanol–water partition coefficient (Wildman–Crippen LogP) is 3.64. The number of fused-ring (bicyclic) bond motifs is 1. The Morgan fingerprint density at radius 3 is 2.77 bits per heavy atom. The van der Waals surface area contributed by atoms with Gasteiger partial charge in [-0.3, -0.25) is 4.98 Å². The Kier molecular flexibility index (Phi) is 5.58. The molecule has 0 bridgehead atoms. The zero-order chi connectivity index (χ0) is 20.7. The van der Waals surface area contributed by atoms with E-state index >= 15 is 0 Å². The van der Waals surface area contributed by atoms with E-state index in [0.29, 0.717) is 23.1 Å². The Labute approximate surface area is 186 Å². The van der Waals surface area contributed by atoms with Crippen molar-refractivity contribution in [1.82, 2.24) is 20.1 Å². The Hall–Kier alpha value is -1.86. The van der Waals surface area contributed by atoms with Gasteiger partial charge in [-0.2, -0.15) is 0 Å². The molecule has 0 saturated carbocycles. The third-order valence-electron chi connectivity index (χ3n) is 6.26. The highest BCUT2D eigenvalue weighted by molar-refractivity contribution is 6.36. The average molecular weight is 447 g/mol. The van der Waals surface area contributed by atoms with Crippen LogP contribution in [0.15, 0.2) is 36.5 Å². The van der Waals surface area contributed by atoms with E-state index in [1.807, 2.05) is 40.3 Å². The van der Waals surface area contributed by atoms with Crippen LogP contribution in [-0.2, 0) is 4.74 Å². The number of ether oxygens (including phenoxy) is 1. The molecule has 1 aromatic heterocycles. The topological polar surface area (TPSA) is 57.7 Å². The normalized spacial score (nSPS) is 24.3. The zero-order valence-corrected chi connectivity index (χ0v) is 18.1. The first-order valence-corrected chi connectivity index (χ1v) is 11.1. The molecule has 0 spiro atoms. The van der Waals surface area contributed by atoms with Gasteiger partial charge in [0, 0.05) is 71.7 Å². The van der Waals surface area contributed by atoms with E-state index in [-0.39, 0.29) is 24.1 Å². The Bertz CT molecular complexity index is 933. The van der Waals surface area contributed by atoms with Crippen molar-refractivity contribution in [3.63, 3.8) is 0 Å². The highest BCUT2D eigenvalue weighted by atomic mass is 35.5. The minimum Gasteiger partial charge on any atom is -0.375 e. The summed E-state index contributed by atoms with van der Waals surface area (Å²) in [6.45, 7) is 4.52. The molecule has 3 saturated heterocycles. The molecule has 3 aliphatic heterocycles. The molecule has 0 aliphatic carbocycles. The fourth-order valence-electron chi connectivity index (χ4n) is 4.51. The fraction of sp³-hybridized carbons (Fsp3) is 0.455. The molecule has 1 N–H and O–H groups in total. The number of hydrogen-bond donors (Lipinski definition) is 1. The maximum Gasteiger partial charge on any atom is 0.320 e. The standard InChI is InChI=1S/C22H24Cl2N4O2/c23-16-2-3-17(18(24)9-16)14-1-4-19(26-10-14)15-11-28(12-15)22(29)27-7-5-21-20(13-27)25-6-8-30-21/h1-4,9-10,15,20-21,25H,5-8,11-13H2/t20-,21+/m1/s1. The molecular weight excluding hydrogens is 423 g/mol. The number of nitrogens with one attached hydrogen (secondary N) is 1. The van der Waals surface area contributed by atoms with E-state index in [1.54, 1.807) is 6.07 Å². The fourth-order valence-corrected chi connectivity index (χ4v) is 5.02. The number of amides is 2. The molecule has 158 valence electrons. The number of halogens is 2. The largest absolute Gasteiger partial charge is 0.375 e. The summed E-state index contributed by atoms with van der Waals surface area (Å²) in [5.41, 5.74) is 2.88. The number of carbonyl (C=O) groups is 1. The van der Waals surface area contributed by atoms with Gasteiger partial charge in [-0.1, -0.05) is 35.3 Å². The number of piperidine rings is 1. The molecule has 5 rings (SSSR count). The van der Waals surface area contributed by atoms with Gasteiger partial charge in [0.25, 0.3) is 0 Å². The number of pyridine rings is 1. The first-order chi connectivity index (χ1) is 14.6. The number of carbonyl (C=O) groups excluding carboxylic acids is 1. The summed E-state index contributed by atoms with van der Waals surface area (Å²) in [6, 6.07) is 9.90. The van der Waals surface area contributed by atoms with Crippen LogP contribution >= 0.6 is 23.2 Å². The van der Waals surface area contributed by atoms with Crippen LogP contribution < -0.4 is 5.32 Å². The van der Waals surface area contributed by atoms with Crippen molar-refractivity contribution in [2.75, 3.05) is 39.3 Å². The van der Waals surface area contributed by atoms with Gasteiger partial charge in [-0.05, 0) is 24.6 Å². The monoisotopic (exact) mass is 446 g/mol. The van der Waals surface area contributed by atoms with Gasteiger partial charge in [0.1, 0.15) is 0 Å². The lowest BCUT2D eigenvalue weighted by Crippen LogP contribution is -2.62. The van der Waals surface area contributed by atoms with E-state index in [2.05, 4.69) is 10.3 Å². The van der Waals surface area contributed by atoms with Crippen molar-refractivity contribution < 1.29 is 9.53 Å². The minimum absolute atomic E-state index is 0.127. The van der Waals surface area contributed by atoms with Crippen LogP contribution in [0.4, 0.5) is 4.79 Å². The lowest BCUT2D eigenvalue weighted by atomic mass is 9.94. The van der Waals surface area contributed by atoms with Crippen LogP contribution in [0.5, 0.6) is 0 Å². The van der Waals surface area contributed by atoms with Crippen molar-refractivity contribution in [1.29, 1.82) is 0 Å². The summed E-state index contributed by atoms with van der Waals surface area (Å²) in [6.07, 6.45) is 2.98. The molecular formula is C22H24Cl2N4O2. The second kappa shape index (κ2) is 8.35. The van der Waals surface area contributed by atoms with Crippen molar-refractivity contribution in [2.24, 2.45) is 0 Å². The van der Waals surface area contributed by atoms with Crippen LogP contribution in [0.25, 0.3) is 11.1 Å². The molecule has 4 heterocycles. The van der Waals surface area contributed by atoms with Crippen LogP contribution in [0.1, 0.15) is 18.0 Å². The average Bonchev–Trinajstić information content (AvgIpc) is 2.73. The molecule has 2 aromatic rings. The first kappa shape index (κ1) is 20.1.